The van der Waals surface area contributed by atoms with Crippen molar-refractivity contribution in [1.82, 2.24) is 4.90 Å². The second-order valence-corrected chi connectivity index (χ2v) is 8.59. The normalized spacial score (nSPS) is 14.4. The van der Waals surface area contributed by atoms with E-state index in [1.54, 1.807) is 11.0 Å². The smallest absolute Gasteiger partial charge is 0.270 e. The summed E-state index contributed by atoms with van der Waals surface area (Å²) in [6, 6.07) is 20.6. The lowest BCUT2D eigenvalue weighted by molar-refractivity contribution is -0.384. The van der Waals surface area contributed by atoms with Crippen LogP contribution in [0.1, 0.15) is 33.6 Å². The number of carbonyl (C=O) groups is 2. The van der Waals surface area contributed by atoms with Crippen LogP contribution in [0.3, 0.4) is 0 Å². The molecule has 1 aliphatic rings. The van der Waals surface area contributed by atoms with Crippen molar-refractivity contribution in [2.45, 2.75) is 12.8 Å². The van der Waals surface area contributed by atoms with Gasteiger partial charge in [0.05, 0.1) is 4.92 Å². The Morgan fingerprint density at radius 2 is 1.63 bits per heavy atom. The van der Waals surface area contributed by atoms with Crippen molar-refractivity contribution in [1.29, 1.82) is 0 Å². The Bertz CT molecular complexity index is 1190. The molecule has 8 heteroatoms. The highest BCUT2D eigenvalue weighted by Crippen LogP contribution is 2.23. The van der Waals surface area contributed by atoms with Gasteiger partial charge in [-0.1, -0.05) is 24.3 Å². The number of amides is 1. The topological polar surface area (TPSA) is 83.8 Å². The number of nitro benzene ring substituents is 1. The molecule has 180 valence electrons. The molecule has 1 fully saturated rings. The van der Waals surface area contributed by atoms with Gasteiger partial charge < -0.3 is 9.80 Å². The molecule has 0 saturated carbocycles. The van der Waals surface area contributed by atoms with Crippen molar-refractivity contribution in [3.05, 3.63) is 106 Å². The van der Waals surface area contributed by atoms with Crippen molar-refractivity contribution in [2.24, 2.45) is 5.92 Å². The molecule has 35 heavy (non-hydrogen) atoms. The lowest BCUT2D eigenvalue weighted by Crippen LogP contribution is -2.42. The average molecular weight is 476 g/mol. The SMILES string of the molecule is O=C(c1ccc(F)cc1)C1CCN(CCN(C(=O)c2cccc([N+](=O)[O-])c2)c2ccccc2)CC1. The van der Waals surface area contributed by atoms with Gasteiger partial charge in [-0.15, -0.1) is 0 Å². The van der Waals surface area contributed by atoms with Crippen molar-refractivity contribution >= 4 is 23.1 Å². The van der Waals surface area contributed by atoms with Gasteiger partial charge in [-0.2, -0.15) is 0 Å². The Morgan fingerprint density at radius 3 is 2.29 bits per heavy atom. The third kappa shape index (κ3) is 5.96. The quantitative estimate of drug-likeness (QED) is 0.261. The molecule has 0 unspecified atom stereocenters. The maximum Gasteiger partial charge on any atom is 0.270 e. The number of nitrogens with zero attached hydrogens (tertiary/aromatic N) is 3. The predicted molar refractivity (Wildman–Crippen MR) is 131 cm³/mol. The first kappa shape index (κ1) is 24.2. The van der Waals surface area contributed by atoms with Gasteiger partial charge in [0.25, 0.3) is 11.6 Å². The van der Waals surface area contributed by atoms with E-state index in [1.807, 2.05) is 30.3 Å². The number of Topliss-reactive ketones (excluding diaryl/α,β-unsaturated/α-hetero) is 1. The molecule has 0 N–H and O–H groups in total. The number of non-ortho nitro benzene ring substituents is 1. The van der Waals surface area contributed by atoms with Crippen LogP contribution in [-0.2, 0) is 0 Å². The Labute approximate surface area is 202 Å². The molecule has 0 spiro atoms. The largest absolute Gasteiger partial charge is 0.307 e. The number of benzene rings is 3. The zero-order valence-electron chi connectivity index (χ0n) is 19.2. The van der Waals surface area contributed by atoms with Crippen LogP contribution in [0, 0.1) is 21.8 Å². The van der Waals surface area contributed by atoms with E-state index >= 15 is 0 Å². The molecule has 7 nitrogen and oxygen atoms in total. The number of para-hydroxylation sites is 1. The first-order valence-electron chi connectivity index (χ1n) is 11.6. The lowest BCUT2D eigenvalue weighted by atomic mass is 9.89. The molecule has 0 radical (unpaired) electrons. The molecule has 3 aromatic carbocycles. The van der Waals surface area contributed by atoms with Crippen LogP contribution in [-0.4, -0.2) is 47.7 Å². The molecular formula is C27H26FN3O4. The van der Waals surface area contributed by atoms with Gasteiger partial charge in [0, 0.05) is 48.0 Å². The summed E-state index contributed by atoms with van der Waals surface area (Å²) in [5, 5.41) is 11.2. The number of halogens is 1. The van der Waals surface area contributed by atoms with Crippen LogP contribution in [0.2, 0.25) is 0 Å². The number of rotatable bonds is 8. The van der Waals surface area contributed by atoms with Crippen molar-refractivity contribution in [2.75, 3.05) is 31.1 Å². The fourth-order valence-corrected chi connectivity index (χ4v) is 4.37. The molecule has 0 aliphatic carbocycles. The Balaban J connectivity index is 1.40. The highest BCUT2D eigenvalue weighted by Gasteiger charge is 2.27. The third-order valence-electron chi connectivity index (χ3n) is 6.34. The second kappa shape index (κ2) is 11.0. The Hall–Kier alpha value is -3.91. The maximum absolute atomic E-state index is 13.3. The summed E-state index contributed by atoms with van der Waals surface area (Å²) in [6.45, 7) is 2.44. The summed E-state index contributed by atoms with van der Waals surface area (Å²) in [4.78, 5) is 40.6. The van der Waals surface area contributed by atoms with E-state index in [-0.39, 0.29) is 34.7 Å². The predicted octanol–water partition coefficient (Wildman–Crippen LogP) is 4.98. The van der Waals surface area contributed by atoms with E-state index in [0.29, 0.717) is 50.3 Å². The summed E-state index contributed by atoms with van der Waals surface area (Å²) < 4.78 is 13.2. The number of anilines is 1. The zero-order chi connectivity index (χ0) is 24.8. The van der Waals surface area contributed by atoms with Crippen molar-refractivity contribution in [3.63, 3.8) is 0 Å². The van der Waals surface area contributed by atoms with E-state index in [2.05, 4.69) is 4.90 Å². The highest BCUT2D eigenvalue weighted by atomic mass is 19.1. The lowest BCUT2D eigenvalue weighted by Gasteiger charge is -2.33. The monoisotopic (exact) mass is 475 g/mol. The van der Waals surface area contributed by atoms with E-state index in [1.165, 1.54) is 42.5 Å². The fourth-order valence-electron chi connectivity index (χ4n) is 4.37. The van der Waals surface area contributed by atoms with Crippen LogP contribution < -0.4 is 4.90 Å². The molecule has 3 aromatic rings. The first-order chi connectivity index (χ1) is 16.9. The summed E-state index contributed by atoms with van der Waals surface area (Å²) in [5.41, 5.74) is 1.37. The summed E-state index contributed by atoms with van der Waals surface area (Å²) >= 11 is 0. The van der Waals surface area contributed by atoms with Crippen LogP contribution in [0.5, 0.6) is 0 Å². The second-order valence-electron chi connectivity index (χ2n) is 8.59. The minimum atomic E-state index is -0.513. The summed E-state index contributed by atoms with van der Waals surface area (Å²) in [5.74, 6) is -0.731. The number of ketones is 1. The van der Waals surface area contributed by atoms with Crippen LogP contribution in [0.4, 0.5) is 15.8 Å². The minimum Gasteiger partial charge on any atom is -0.307 e. The van der Waals surface area contributed by atoms with Crippen LogP contribution >= 0.6 is 0 Å². The number of likely N-dealkylation sites (tertiary alicyclic amines) is 1. The zero-order valence-corrected chi connectivity index (χ0v) is 19.2. The third-order valence-corrected chi connectivity index (χ3v) is 6.34. The molecule has 0 bridgehead atoms. The molecule has 1 heterocycles. The van der Waals surface area contributed by atoms with Crippen LogP contribution in [0.25, 0.3) is 0 Å². The summed E-state index contributed by atoms with van der Waals surface area (Å²) in [7, 11) is 0. The molecule has 4 rings (SSSR count). The van der Waals surface area contributed by atoms with Gasteiger partial charge in [0.2, 0.25) is 0 Å². The fraction of sp³-hybridized carbons (Fsp3) is 0.259. The average Bonchev–Trinajstić information content (AvgIpc) is 2.90. The molecule has 0 aromatic heterocycles. The maximum atomic E-state index is 13.3. The number of nitro groups is 1. The number of hydrogen-bond donors (Lipinski definition) is 0. The Morgan fingerprint density at radius 1 is 0.943 bits per heavy atom. The minimum absolute atomic E-state index is 0.0383. The van der Waals surface area contributed by atoms with Crippen molar-refractivity contribution < 1.29 is 18.9 Å². The highest BCUT2D eigenvalue weighted by molar-refractivity contribution is 6.06. The number of piperidine rings is 1. The molecule has 0 atom stereocenters. The number of hydrogen-bond acceptors (Lipinski definition) is 5. The van der Waals surface area contributed by atoms with E-state index in [0.717, 1.165) is 0 Å². The van der Waals surface area contributed by atoms with Gasteiger partial charge in [0.15, 0.2) is 5.78 Å². The van der Waals surface area contributed by atoms with E-state index < -0.39 is 4.92 Å². The molecule has 1 saturated heterocycles. The van der Waals surface area contributed by atoms with E-state index in [9.17, 15) is 24.1 Å². The van der Waals surface area contributed by atoms with Crippen LogP contribution in [0.15, 0.2) is 78.9 Å². The van der Waals surface area contributed by atoms with Gasteiger partial charge in [-0.05, 0) is 68.4 Å². The molecule has 1 amide bonds. The standard InChI is InChI=1S/C27H26FN3O4/c28-23-11-9-20(10-12-23)26(32)21-13-15-29(16-14-21)17-18-30(24-6-2-1-3-7-24)27(33)22-5-4-8-25(19-22)31(34)35/h1-12,19,21H,13-18H2. The van der Waals surface area contributed by atoms with Gasteiger partial charge in [0.1, 0.15) is 5.82 Å². The van der Waals surface area contributed by atoms with Gasteiger partial charge >= 0.3 is 0 Å². The van der Waals surface area contributed by atoms with Crippen molar-refractivity contribution in [3.8, 4) is 0 Å². The van der Waals surface area contributed by atoms with E-state index in [4.69, 9.17) is 0 Å². The first-order valence-corrected chi connectivity index (χ1v) is 11.6. The molecule has 1 aliphatic heterocycles. The van der Waals surface area contributed by atoms with Gasteiger partial charge in [-0.25, -0.2) is 4.39 Å². The molecular weight excluding hydrogens is 449 g/mol. The Kier molecular flexibility index (Phi) is 7.62. The number of carbonyl (C=O) groups excluding carboxylic acids is 2. The van der Waals surface area contributed by atoms with Gasteiger partial charge in [-0.3, -0.25) is 19.7 Å². The summed E-state index contributed by atoms with van der Waals surface area (Å²) in [6.07, 6.45) is 1.39.